The summed E-state index contributed by atoms with van der Waals surface area (Å²) in [6.07, 6.45) is 6.80. The van der Waals surface area contributed by atoms with E-state index in [1.165, 1.54) is 11.3 Å². The van der Waals surface area contributed by atoms with Crippen LogP contribution in [0, 0.1) is 0 Å². The van der Waals surface area contributed by atoms with Crippen LogP contribution in [0.2, 0.25) is 0 Å². The molecule has 2 aromatic rings. The van der Waals surface area contributed by atoms with E-state index in [4.69, 9.17) is 19.8 Å². The number of hydrogen-bond donors (Lipinski definition) is 3. The first-order valence-corrected chi connectivity index (χ1v) is 7.79. The zero-order valence-electron chi connectivity index (χ0n) is 14.4. The minimum absolute atomic E-state index is 0.928. The van der Waals surface area contributed by atoms with E-state index in [9.17, 15) is 0 Å². The van der Waals surface area contributed by atoms with E-state index in [0.717, 1.165) is 26.1 Å². The Labute approximate surface area is 146 Å². The summed E-state index contributed by atoms with van der Waals surface area (Å²) in [5, 5.41) is 18.2. The molecule has 0 fully saturated rings. The topological polar surface area (TPSA) is 108 Å². The molecule has 8 heteroatoms. The van der Waals surface area contributed by atoms with Crippen LogP contribution in [0.15, 0.2) is 43.0 Å². The minimum atomic E-state index is -1.82. The van der Waals surface area contributed by atoms with Crippen LogP contribution in [0.4, 0.5) is 5.69 Å². The van der Waals surface area contributed by atoms with Gasteiger partial charge in [-0.05, 0) is 30.7 Å². The van der Waals surface area contributed by atoms with E-state index in [-0.39, 0.29) is 0 Å². The van der Waals surface area contributed by atoms with E-state index in [0.29, 0.717) is 0 Å². The second-order valence-corrected chi connectivity index (χ2v) is 5.50. The summed E-state index contributed by atoms with van der Waals surface area (Å²) in [5.74, 6) is -3.65. The van der Waals surface area contributed by atoms with Gasteiger partial charge in [-0.25, -0.2) is 14.6 Å². The van der Waals surface area contributed by atoms with Gasteiger partial charge in [-0.1, -0.05) is 12.1 Å². The third-order valence-corrected chi connectivity index (χ3v) is 3.29. The average Bonchev–Trinajstić information content (AvgIpc) is 3.09. The normalized spacial score (nSPS) is 9.84. The van der Waals surface area contributed by atoms with Crippen molar-refractivity contribution in [2.45, 2.75) is 19.5 Å². The highest BCUT2D eigenvalue weighted by Crippen LogP contribution is 2.11. The Bertz CT molecular complexity index is 627. The van der Waals surface area contributed by atoms with Crippen LogP contribution in [0.25, 0.3) is 0 Å². The third kappa shape index (κ3) is 8.52. The first-order valence-electron chi connectivity index (χ1n) is 7.79. The summed E-state index contributed by atoms with van der Waals surface area (Å²) in [5.41, 5.74) is 2.57. The molecule has 136 valence electrons. The van der Waals surface area contributed by atoms with Crippen molar-refractivity contribution in [3.8, 4) is 0 Å². The molecule has 1 heterocycles. The number of aryl methyl sites for hydroxylation is 1. The first kappa shape index (κ1) is 20.2. The predicted octanol–water partition coefficient (Wildman–Crippen LogP) is 1.28. The maximum absolute atomic E-state index is 9.10. The van der Waals surface area contributed by atoms with Gasteiger partial charge in [0.1, 0.15) is 0 Å². The molecule has 0 aliphatic carbocycles. The second-order valence-electron chi connectivity index (χ2n) is 5.50. The quantitative estimate of drug-likeness (QED) is 0.511. The molecule has 0 amide bonds. The lowest BCUT2D eigenvalue weighted by Crippen LogP contribution is -2.16. The maximum Gasteiger partial charge on any atom is 0.414 e. The number of aromatic nitrogens is 2. The van der Waals surface area contributed by atoms with Crippen molar-refractivity contribution < 1.29 is 19.8 Å². The number of nitrogens with zero attached hydrogens (tertiary/aromatic N) is 3. The Morgan fingerprint density at radius 3 is 2.28 bits per heavy atom. The molecule has 8 nitrogen and oxygen atoms in total. The molecule has 0 saturated heterocycles. The Balaban J connectivity index is 0.000000450. The lowest BCUT2D eigenvalue weighted by atomic mass is 10.2. The number of carbonyl (C=O) groups is 2. The largest absolute Gasteiger partial charge is 0.473 e. The molecule has 0 aliphatic heterocycles. The Morgan fingerprint density at radius 2 is 1.80 bits per heavy atom. The maximum atomic E-state index is 9.10. The van der Waals surface area contributed by atoms with Crippen LogP contribution >= 0.6 is 0 Å². The molecule has 0 spiro atoms. The van der Waals surface area contributed by atoms with E-state index in [2.05, 4.69) is 58.1 Å². The van der Waals surface area contributed by atoms with Crippen molar-refractivity contribution in [1.82, 2.24) is 14.9 Å². The van der Waals surface area contributed by atoms with Crippen molar-refractivity contribution in [3.63, 3.8) is 0 Å². The van der Waals surface area contributed by atoms with E-state index >= 15 is 0 Å². The summed E-state index contributed by atoms with van der Waals surface area (Å²) in [6, 6.07) is 8.67. The number of nitrogens with one attached hydrogen (secondary N) is 1. The van der Waals surface area contributed by atoms with E-state index < -0.39 is 11.9 Å². The van der Waals surface area contributed by atoms with Crippen LogP contribution in [0.3, 0.4) is 0 Å². The number of rotatable bonds is 7. The van der Waals surface area contributed by atoms with Gasteiger partial charge in [0.25, 0.3) is 0 Å². The highest BCUT2D eigenvalue weighted by Gasteiger charge is 2.04. The zero-order valence-corrected chi connectivity index (χ0v) is 14.4. The van der Waals surface area contributed by atoms with Crippen molar-refractivity contribution in [2.75, 3.05) is 25.5 Å². The molecule has 1 aromatic carbocycles. The standard InChI is InChI=1S/C15H22N4.C2H2O4/c1-18(2)15-6-4-14(5-7-15)12-16-8-3-10-19-11-9-17-13-19;3-1(4)2(5)6/h4-7,9,11,13,16H,3,8,10,12H2,1-2H3;(H,3,4)(H,5,6). The number of carboxylic acid groups (broad SMARTS) is 2. The van der Waals surface area contributed by atoms with Gasteiger partial charge in [0, 0.05) is 45.3 Å². The molecule has 0 radical (unpaired) electrons. The van der Waals surface area contributed by atoms with Gasteiger partial charge in [-0.3, -0.25) is 0 Å². The summed E-state index contributed by atoms with van der Waals surface area (Å²) < 4.78 is 2.10. The minimum Gasteiger partial charge on any atom is -0.473 e. The lowest BCUT2D eigenvalue weighted by Gasteiger charge is -2.13. The fourth-order valence-corrected chi connectivity index (χ4v) is 1.95. The monoisotopic (exact) mass is 348 g/mol. The van der Waals surface area contributed by atoms with Gasteiger partial charge in [-0.15, -0.1) is 0 Å². The molecular formula is C17H24N4O4. The summed E-state index contributed by atoms with van der Waals surface area (Å²) in [7, 11) is 4.12. The molecule has 2 rings (SSSR count). The predicted molar refractivity (Wildman–Crippen MR) is 94.6 cm³/mol. The Morgan fingerprint density at radius 1 is 1.16 bits per heavy atom. The van der Waals surface area contributed by atoms with Crippen LogP contribution in [-0.4, -0.2) is 52.3 Å². The van der Waals surface area contributed by atoms with Crippen LogP contribution in [0.5, 0.6) is 0 Å². The summed E-state index contributed by atoms with van der Waals surface area (Å²) >= 11 is 0. The van der Waals surface area contributed by atoms with Gasteiger partial charge in [0.05, 0.1) is 6.33 Å². The molecule has 0 unspecified atom stereocenters. The highest BCUT2D eigenvalue weighted by molar-refractivity contribution is 6.27. The van der Waals surface area contributed by atoms with E-state index in [1.54, 1.807) is 0 Å². The third-order valence-electron chi connectivity index (χ3n) is 3.29. The average molecular weight is 348 g/mol. The Kier molecular flexibility index (Phi) is 8.73. The smallest absolute Gasteiger partial charge is 0.414 e. The fraction of sp³-hybridized carbons (Fsp3) is 0.353. The fourth-order valence-electron chi connectivity index (χ4n) is 1.95. The molecule has 1 aromatic heterocycles. The SMILES string of the molecule is CN(C)c1ccc(CNCCCn2ccnc2)cc1.O=C(O)C(=O)O. The number of aliphatic carboxylic acids is 2. The van der Waals surface area contributed by atoms with Crippen molar-refractivity contribution >= 4 is 17.6 Å². The number of hydrogen-bond acceptors (Lipinski definition) is 5. The molecule has 3 N–H and O–H groups in total. The number of benzene rings is 1. The van der Waals surface area contributed by atoms with Gasteiger partial charge >= 0.3 is 11.9 Å². The van der Waals surface area contributed by atoms with Gasteiger partial charge < -0.3 is 25.0 Å². The van der Waals surface area contributed by atoms with Crippen LogP contribution in [0.1, 0.15) is 12.0 Å². The number of carboxylic acids is 2. The molecule has 0 aliphatic rings. The van der Waals surface area contributed by atoms with Crippen molar-refractivity contribution in [3.05, 3.63) is 48.5 Å². The van der Waals surface area contributed by atoms with Crippen molar-refractivity contribution in [2.24, 2.45) is 0 Å². The zero-order chi connectivity index (χ0) is 18.7. The summed E-state index contributed by atoms with van der Waals surface area (Å²) in [6.45, 7) is 2.97. The molecule has 0 atom stereocenters. The van der Waals surface area contributed by atoms with Crippen LogP contribution < -0.4 is 10.2 Å². The highest BCUT2D eigenvalue weighted by atomic mass is 16.4. The van der Waals surface area contributed by atoms with Crippen molar-refractivity contribution in [1.29, 1.82) is 0 Å². The number of anilines is 1. The number of imidazole rings is 1. The van der Waals surface area contributed by atoms with Crippen LogP contribution in [-0.2, 0) is 22.7 Å². The molecule has 25 heavy (non-hydrogen) atoms. The van der Waals surface area contributed by atoms with Gasteiger partial charge in [0.2, 0.25) is 0 Å². The summed E-state index contributed by atoms with van der Waals surface area (Å²) in [4.78, 5) is 24.3. The second kappa shape index (κ2) is 10.8. The molecule has 0 saturated carbocycles. The van der Waals surface area contributed by atoms with E-state index in [1.807, 2.05) is 18.7 Å². The van der Waals surface area contributed by atoms with Gasteiger partial charge in [0.15, 0.2) is 0 Å². The molecule has 0 bridgehead atoms. The lowest BCUT2D eigenvalue weighted by molar-refractivity contribution is -0.159. The first-order chi connectivity index (χ1) is 11.9. The Hall–Kier alpha value is -2.87. The van der Waals surface area contributed by atoms with Gasteiger partial charge in [-0.2, -0.15) is 0 Å². The molecular weight excluding hydrogens is 324 g/mol.